The Kier molecular flexibility index (Phi) is 3.84. The van der Waals surface area contributed by atoms with Crippen LogP contribution in [0.2, 0.25) is 0 Å². The Labute approximate surface area is 123 Å². The number of nitrogen functional groups attached to an aromatic ring is 1. The van der Waals surface area contributed by atoms with Gasteiger partial charge in [-0.15, -0.1) is 0 Å². The number of hydrogen-bond donors (Lipinski definition) is 2. The molecule has 0 unspecified atom stereocenters. The molecule has 0 bridgehead atoms. The molecule has 0 atom stereocenters. The maximum absolute atomic E-state index is 10.9. The molecule has 0 fully saturated rings. The van der Waals surface area contributed by atoms with Crippen LogP contribution in [0.25, 0.3) is 0 Å². The first-order valence-corrected chi connectivity index (χ1v) is 6.44. The second kappa shape index (κ2) is 5.39. The van der Waals surface area contributed by atoms with Gasteiger partial charge in [0.1, 0.15) is 0 Å². The van der Waals surface area contributed by atoms with Crippen LogP contribution in [0.4, 0.5) is 5.95 Å². The van der Waals surface area contributed by atoms with E-state index in [1.807, 2.05) is 29.5 Å². The summed E-state index contributed by atoms with van der Waals surface area (Å²) < 4.78 is 2.12. The molecule has 0 amide bonds. The number of nitrogens with two attached hydrogens (primary N) is 1. The number of rotatable bonds is 3. The Balaban J connectivity index is 2.27. The Hall–Kier alpha value is -1.90. The van der Waals surface area contributed by atoms with Crippen molar-refractivity contribution < 1.29 is 9.90 Å². The quantitative estimate of drug-likeness (QED) is 0.638. The number of benzene rings is 1. The van der Waals surface area contributed by atoms with Crippen LogP contribution in [0, 0.1) is 10.5 Å². The van der Waals surface area contributed by atoms with E-state index in [1.54, 1.807) is 30.6 Å². The lowest BCUT2D eigenvalue weighted by Crippen LogP contribution is -2.01. The average molecular weight is 370 g/mol. The van der Waals surface area contributed by atoms with Gasteiger partial charge in [-0.2, -0.15) is 5.10 Å². The SMILES string of the molecule is Cc1cn(N=Cc2ccc(C(=O)O)c(I)c2)c(N)n1. The highest BCUT2D eigenvalue weighted by atomic mass is 127. The van der Waals surface area contributed by atoms with E-state index in [0.29, 0.717) is 9.52 Å². The molecular weight excluding hydrogens is 359 g/mol. The predicted octanol–water partition coefficient (Wildman–Crippen LogP) is 1.96. The van der Waals surface area contributed by atoms with Crippen LogP contribution in [-0.2, 0) is 0 Å². The number of carbonyl (C=O) groups is 1. The third kappa shape index (κ3) is 3.11. The number of imidazole rings is 1. The van der Waals surface area contributed by atoms with Gasteiger partial charge >= 0.3 is 5.97 Å². The maximum atomic E-state index is 10.9. The molecule has 0 saturated carbocycles. The minimum Gasteiger partial charge on any atom is -0.478 e. The molecule has 7 heteroatoms. The first kappa shape index (κ1) is 13.5. The van der Waals surface area contributed by atoms with Gasteiger partial charge in [-0.3, -0.25) is 0 Å². The van der Waals surface area contributed by atoms with E-state index in [9.17, 15) is 4.79 Å². The highest BCUT2D eigenvalue weighted by Gasteiger charge is 2.07. The van der Waals surface area contributed by atoms with Crippen molar-refractivity contribution in [3.8, 4) is 0 Å². The van der Waals surface area contributed by atoms with Gasteiger partial charge in [0.15, 0.2) is 0 Å². The summed E-state index contributed by atoms with van der Waals surface area (Å²) in [6.07, 6.45) is 3.31. The van der Waals surface area contributed by atoms with Crippen LogP contribution in [0.1, 0.15) is 21.6 Å². The zero-order valence-electron chi connectivity index (χ0n) is 10.0. The van der Waals surface area contributed by atoms with Crippen molar-refractivity contribution >= 4 is 40.7 Å². The number of aromatic carboxylic acids is 1. The molecule has 2 aromatic rings. The third-order valence-electron chi connectivity index (χ3n) is 2.39. The number of nitrogens with zero attached hydrogens (tertiary/aromatic N) is 3. The highest BCUT2D eigenvalue weighted by Crippen LogP contribution is 2.14. The lowest BCUT2D eigenvalue weighted by atomic mass is 10.1. The average Bonchev–Trinajstić information content (AvgIpc) is 2.65. The largest absolute Gasteiger partial charge is 0.478 e. The van der Waals surface area contributed by atoms with Crippen LogP contribution in [0.15, 0.2) is 29.5 Å². The first-order chi connectivity index (χ1) is 8.97. The fraction of sp³-hybridized carbons (Fsp3) is 0.0833. The van der Waals surface area contributed by atoms with Crippen molar-refractivity contribution in [2.75, 3.05) is 5.73 Å². The van der Waals surface area contributed by atoms with E-state index in [-0.39, 0.29) is 5.56 Å². The molecule has 19 heavy (non-hydrogen) atoms. The second-order valence-electron chi connectivity index (χ2n) is 3.87. The number of aryl methyl sites for hydroxylation is 1. The van der Waals surface area contributed by atoms with Gasteiger partial charge in [-0.25, -0.2) is 14.5 Å². The van der Waals surface area contributed by atoms with Gasteiger partial charge in [0.05, 0.1) is 23.7 Å². The van der Waals surface area contributed by atoms with Gasteiger partial charge in [-0.1, -0.05) is 6.07 Å². The number of halogens is 1. The molecule has 1 heterocycles. The molecule has 1 aromatic carbocycles. The minimum atomic E-state index is -0.942. The van der Waals surface area contributed by atoms with Gasteiger partial charge in [0, 0.05) is 3.57 Å². The molecule has 0 aliphatic heterocycles. The summed E-state index contributed by atoms with van der Waals surface area (Å²) in [5, 5.41) is 13.1. The first-order valence-electron chi connectivity index (χ1n) is 5.36. The molecule has 0 radical (unpaired) electrons. The standard InChI is InChI=1S/C12H11IN4O2/c1-7-6-17(12(14)16-7)15-5-8-2-3-9(11(18)19)10(13)4-8/h2-6H,1H3,(H2,14,16)(H,18,19). The van der Waals surface area contributed by atoms with Crippen LogP contribution in [-0.4, -0.2) is 27.0 Å². The minimum absolute atomic E-state index is 0.274. The monoisotopic (exact) mass is 370 g/mol. The molecule has 2 rings (SSSR count). The van der Waals surface area contributed by atoms with E-state index in [4.69, 9.17) is 10.8 Å². The van der Waals surface area contributed by atoms with Crippen molar-refractivity contribution in [2.45, 2.75) is 6.92 Å². The van der Waals surface area contributed by atoms with Crippen molar-refractivity contribution in [3.05, 3.63) is 44.8 Å². The maximum Gasteiger partial charge on any atom is 0.336 e. The van der Waals surface area contributed by atoms with Crippen molar-refractivity contribution in [2.24, 2.45) is 5.10 Å². The smallest absolute Gasteiger partial charge is 0.336 e. The number of aromatic nitrogens is 2. The zero-order chi connectivity index (χ0) is 14.0. The highest BCUT2D eigenvalue weighted by molar-refractivity contribution is 14.1. The molecule has 0 saturated heterocycles. The zero-order valence-corrected chi connectivity index (χ0v) is 12.2. The van der Waals surface area contributed by atoms with Gasteiger partial charge in [0.25, 0.3) is 0 Å². The molecule has 98 valence electrons. The lowest BCUT2D eigenvalue weighted by Gasteiger charge is -2.00. The number of carboxylic acids is 1. The molecular formula is C12H11IN4O2. The summed E-state index contributed by atoms with van der Waals surface area (Å²) >= 11 is 1.98. The van der Waals surface area contributed by atoms with Crippen molar-refractivity contribution in [1.29, 1.82) is 0 Å². The van der Waals surface area contributed by atoms with E-state index in [2.05, 4.69) is 10.1 Å². The van der Waals surface area contributed by atoms with Crippen molar-refractivity contribution in [1.82, 2.24) is 9.66 Å². The van der Waals surface area contributed by atoms with Crippen LogP contribution < -0.4 is 5.73 Å². The van der Waals surface area contributed by atoms with E-state index in [1.165, 1.54) is 4.68 Å². The second-order valence-corrected chi connectivity index (χ2v) is 5.04. The lowest BCUT2D eigenvalue weighted by molar-refractivity contribution is 0.0695. The molecule has 6 nitrogen and oxygen atoms in total. The summed E-state index contributed by atoms with van der Waals surface area (Å²) in [6.45, 7) is 1.83. The molecule has 0 spiro atoms. The topological polar surface area (TPSA) is 93.5 Å². The Morgan fingerprint density at radius 2 is 2.32 bits per heavy atom. The fourth-order valence-electron chi connectivity index (χ4n) is 1.51. The molecule has 1 aromatic heterocycles. The summed E-state index contributed by atoms with van der Waals surface area (Å²) in [4.78, 5) is 14.9. The van der Waals surface area contributed by atoms with Gasteiger partial charge in [-0.05, 0) is 47.2 Å². The van der Waals surface area contributed by atoms with Crippen LogP contribution in [0.5, 0.6) is 0 Å². The Morgan fingerprint density at radius 3 is 2.84 bits per heavy atom. The molecule has 0 aliphatic carbocycles. The molecule has 0 aliphatic rings. The summed E-state index contributed by atoms with van der Waals surface area (Å²) in [7, 11) is 0. The normalized spacial score (nSPS) is 11.1. The van der Waals surface area contributed by atoms with Gasteiger partial charge in [0.2, 0.25) is 5.95 Å². The predicted molar refractivity (Wildman–Crippen MR) is 80.5 cm³/mol. The van der Waals surface area contributed by atoms with Crippen molar-refractivity contribution in [3.63, 3.8) is 0 Å². The Morgan fingerprint density at radius 1 is 1.58 bits per heavy atom. The van der Waals surface area contributed by atoms with Gasteiger partial charge < -0.3 is 10.8 Å². The number of carboxylic acid groups (broad SMARTS) is 1. The number of anilines is 1. The summed E-state index contributed by atoms with van der Waals surface area (Å²) in [5.41, 5.74) is 7.51. The van der Waals surface area contributed by atoms with E-state index in [0.717, 1.165) is 11.3 Å². The van der Waals surface area contributed by atoms with E-state index >= 15 is 0 Å². The third-order valence-corrected chi connectivity index (χ3v) is 3.28. The molecule has 3 N–H and O–H groups in total. The summed E-state index contributed by atoms with van der Waals surface area (Å²) in [5.74, 6) is -0.632. The Bertz CT molecular complexity index is 664. The van der Waals surface area contributed by atoms with Crippen LogP contribution >= 0.6 is 22.6 Å². The van der Waals surface area contributed by atoms with Crippen LogP contribution in [0.3, 0.4) is 0 Å². The van der Waals surface area contributed by atoms with E-state index < -0.39 is 5.97 Å². The summed E-state index contributed by atoms with van der Waals surface area (Å²) in [6, 6.07) is 4.98. The fourth-order valence-corrected chi connectivity index (χ4v) is 2.28. The number of hydrogen-bond acceptors (Lipinski definition) is 4.